The SMILES string of the molecule is Cc1ccc(SC(C)CN2CCNCC2)cc1C. The van der Waals surface area contributed by atoms with Crippen LogP contribution in [0.15, 0.2) is 23.1 Å². The molecule has 1 fully saturated rings. The molecule has 1 atom stereocenters. The third-order valence-corrected chi connectivity index (χ3v) is 4.62. The van der Waals surface area contributed by atoms with Crippen molar-refractivity contribution in [2.75, 3.05) is 32.7 Å². The van der Waals surface area contributed by atoms with Gasteiger partial charge in [0.25, 0.3) is 0 Å². The molecule has 1 aromatic rings. The summed E-state index contributed by atoms with van der Waals surface area (Å²) >= 11 is 2.00. The quantitative estimate of drug-likeness (QED) is 0.842. The average Bonchev–Trinajstić information content (AvgIpc) is 2.35. The molecule has 0 bridgehead atoms. The summed E-state index contributed by atoms with van der Waals surface area (Å²) in [5.41, 5.74) is 2.78. The van der Waals surface area contributed by atoms with Gasteiger partial charge in [0.2, 0.25) is 0 Å². The van der Waals surface area contributed by atoms with Crippen molar-refractivity contribution >= 4 is 11.8 Å². The van der Waals surface area contributed by atoms with Gasteiger partial charge in [0.15, 0.2) is 0 Å². The highest BCUT2D eigenvalue weighted by molar-refractivity contribution is 8.00. The number of nitrogens with one attached hydrogen (secondary N) is 1. The maximum atomic E-state index is 3.40. The van der Waals surface area contributed by atoms with Crippen LogP contribution in [-0.2, 0) is 0 Å². The minimum absolute atomic E-state index is 0.658. The van der Waals surface area contributed by atoms with Crippen LogP contribution >= 0.6 is 11.8 Å². The van der Waals surface area contributed by atoms with Crippen molar-refractivity contribution in [3.8, 4) is 0 Å². The zero-order valence-electron chi connectivity index (χ0n) is 11.7. The van der Waals surface area contributed by atoms with Gasteiger partial charge >= 0.3 is 0 Å². The fraction of sp³-hybridized carbons (Fsp3) is 0.600. The standard InChI is InChI=1S/C15H24N2S/c1-12-4-5-15(10-13(12)2)18-14(3)11-17-8-6-16-7-9-17/h4-5,10,14,16H,6-9,11H2,1-3H3. The summed E-state index contributed by atoms with van der Waals surface area (Å²) in [7, 11) is 0. The van der Waals surface area contributed by atoms with Crippen molar-refractivity contribution in [2.45, 2.75) is 30.9 Å². The minimum Gasteiger partial charge on any atom is -0.314 e. The largest absolute Gasteiger partial charge is 0.314 e. The van der Waals surface area contributed by atoms with Gasteiger partial charge < -0.3 is 5.32 Å². The molecule has 1 aliphatic rings. The topological polar surface area (TPSA) is 15.3 Å². The van der Waals surface area contributed by atoms with Crippen LogP contribution in [0.3, 0.4) is 0 Å². The van der Waals surface area contributed by atoms with Crippen LogP contribution in [0.2, 0.25) is 0 Å². The molecule has 0 radical (unpaired) electrons. The van der Waals surface area contributed by atoms with E-state index in [9.17, 15) is 0 Å². The highest BCUT2D eigenvalue weighted by Gasteiger charge is 2.13. The number of thioether (sulfide) groups is 1. The number of piperazine rings is 1. The van der Waals surface area contributed by atoms with E-state index < -0.39 is 0 Å². The molecule has 1 unspecified atom stereocenters. The molecule has 0 aromatic heterocycles. The predicted octanol–water partition coefficient (Wildman–Crippen LogP) is 2.69. The molecule has 1 aliphatic heterocycles. The molecule has 1 saturated heterocycles. The van der Waals surface area contributed by atoms with E-state index in [2.05, 4.69) is 49.2 Å². The summed E-state index contributed by atoms with van der Waals surface area (Å²) in [4.78, 5) is 3.97. The Morgan fingerprint density at radius 1 is 1.22 bits per heavy atom. The highest BCUT2D eigenvalue weighted by atomic mass is 32.2. The second-order valence-electron chi connectivity index (χ2n) is 5.23. The van der Waals surface area contributed by atoms with Crippen molar-refractivity contribution in [2.24, 2.45) is 0 Å². The smallest absolute Gasteiger partial charge is 0.0194 e. The van der Waals surface area contributed by atoms with Crippen LogP contribution < -0.4 is 5.32 Å². The van der Waals surface area contributed by atoms with Crippen LogP contribution in [0.1, 0.15) is 18.1 Å². The van der Waals surface area contributed by atoms with Gasteiger partial charge in [0.1, 0.15) is 0 Å². The molecule has 3 heteroatoms. The van der Waals surface area contributed by atoms with E-state index in [4.69, 9.17) is 0 Å². The zero-order valence-corrected chi connectivity index (χ0v) is 12.5. The molecule has 1 aromatic carbocycles. The Labute approximate surface area is 115 Å². The maximum Gasteiger partial charge on any atom is 0.0194 e. The van der Waals surface area contributed by atoms with E-state index in [1.54, 1.807) is 0 Å². The molecule has 18 heavy (non-hydrogen) atoms. The van der Waals surface area contributed by atoms with Crippen molar-refractivity contribution in [1.29, 1.82) is 0 Å². The minimum atomic E-state index is 0.658. The number of nitrogens with zero attached hydrogens (tertiary/aromatic N) is 1. The molecule has 2 rings (SSSR count). The van der Waals surface area contributed by atoms with Crippen molar-refractivity contribution in [1.82, 2.24) is 10.2 Å². The summed E-state index contributed by atoms with van der Waals surface area (Å²) in [6.07, 6.45) is 0. The van der Waals surface area contributed by atoms with Crippen LogP contribution in [0.5, 0.6) is 0 Å². The first-order valence-electron chi connectivity index (χ1n) is 6.82. The van der Waals surface area contributed by atoms with Crippen molar-refractivity contribution in [3.05, 3.63) is 29.3 Å². The molecule has 1 heterocycles. The summed E-state index contributed by atoms with van der Waals surface area (Å²) < 4.78 is 0. The Hall–Kier alpha value is -0.510. The summed E-state index contributed by atoms with van der Waals surface area (Å²) in [6, 6.07) is 6.80. The molecule has 0 spiro atoms. The molecular weight excluding hydrogens is 240 g/mol. The van der Waals surface area contributed by atoms with Gasteiger partial charge in [0.05, 0.1) is 0 Å². The number of benzene rings is 1. The van der Waals surface area contributed by atoms with Gasteiger partial charge in [0, 0.05) is 42.9 Å². The molecule has 0 aliphatic carbocycles. The van der Waals surface area contributed by atoms with E-state index in [0.29, 0.717) is 5.25 Å². The fourth-order valence-corrected chi connectivity index (χ4v) is 3.46. The third-order valence-electron chi connectivity index (χ3n) is 3.54. The monoisotopic (exact) mass is 264 g/mol. The summed E-state index contributed by atoms with van der Waals surface area (Å²) in [5, 5.41) is 4.06. The van der Waals surface area contributed by atoms with E-state index in [1.807, 2.05) is 11.8 Å². The summed E-state index contributed by atoms with van der Waals surface area (Å²) in [6.45, 7) is 12.6. The van der Waals surface area contributed by atoms with E-state index in [1.165, 1.54) is 35.7 Å². The number of aryl methyl sites for hydroxylation is 2. The van der Waals surface area contributed by atoms with Gasteiger partial charge in [-0.1, -0.05) is 13.0 Å². The molecule has 0 amide bonds. The third kappa shape index (κ3) is 4.01. The van der Waals surface area contributed by atoms with Crippen molar-refractivity contribution < 1.29 is 0 Å². The number of hydrogen-bond donors (Lipinski definition) is 1. The average molecular weight is 264 g/mol. The molecule has 0 saturated carbocycles. The van der Waals surface area contributed by atoms with Crippen LogP contribution in [0.4, 0.5) is 0 Å². The Kier molecular flexibility index (Phi) is 5.10. The highest BCUT2D eigenvalue weighted by Crippen LogP contribution is 2.25. The molecule has 1 N–H and O–H groups in total. The first-order valence-corrected chi connectivity index (χ1v) is 7.70. The van der Waals surface area contributed by atoms with Gasteiger partial charge in [-0.3, -0.25) is 4.90 Å². The first-order chi connectivity index (χ1) is 8.65. The Balaban J connectivity index is 1.85. The zero-order chi connectivity index (χ0) is 13.0. The predicted molar refractivity (Wildman–Crippen MR) is 80.5 cm³/mol. The van der Waals surface area contributed by atoms with E-state index >= 15 is 0 Å². The summed E-state index contributed by atoms with van der Waals surface area (Å²) in [5.74, 6) is 0. The Morgan fingerprint density at radius 2 is 1.94 bits per heavy atom. The Morgan fingerprint density at radius 3 is 2.61 bits per heavy atom. The van der Waals surface area contributed by atoms with Gasteiger partial charge in [-0.05, 0) is 37.1 Å². The molecule has 2 nitrogen and oxygen atoms in total. The van der Waals surface area contributed by atoms with E-state index in [0.717, 1.165) is 13.1 Å². The fourth-order valence-electron chi connectivity index (χ4n) is 2.31. The normalized spacial score (nSPS) is 18.8. The van der Waals surface area contributed by atoms with E-state index in [-0.39, 0.29) is 0 Å². The lowest BCUT2D eigenvalue weighted by Gasteiger charge is -2.29. The van der Waals surface area contributed by atoms with Gasteiger partial charge in [-0.2, -0.15) is 0 Å². The second-order valence-corrected chi connectivity index (χ2v) is 6.74. The lowest BCUT2D eigenvalue weighted by atomic mass is 10.1. The van der Waals surface area contributed by atoms with Crippen LogP contribution in [-0.4, -0.2) is 42.9 Å². The number of rotatable bonds is 4. The molecular formula is C15H24N2S. The maximum absolute atomic E-state index is 3.40. The van der Waals surface area contributed by atoms with Crippen LogP contribution in [0, 0.1) is 13.8 Å². The Bertz CT molecular complexity index is 386. The first kappa shape index (κ1) is 13.9. The molecule has 100 valence electrons. The van der Waals surface area contributed by atoms with Gasteiger partial charge in [-0.25, -0.2) is 0 Å². The van der Waals surface area contributed by atoms with Gasteiger partial charge in [-0.15, -0.1) is 11.8 Å². The number of hydrogen-bond acceptors (Lipinski definition) is 3. The lowest BCUT2D eigenvalue weighted by molar-refractivity contribution is 0.244. The second kappa shape index (κ2) is 6.60. The van der Waals surface area contributed by atoms with Crippen molar-refractivity contribution in [3.63, 3.8) is 0 Å². The lowest BCUT2D eigenvalue weighted by Crippen LogP contribution is -2.45. The van der Waals surface area contributed by atoms with Crippen LogP contribution in [0.25, 0.3) is 0 Å².